The fourth-order valence-corrected chi connectivity index (χ4v) is 8.23. The van der Waals surface area contributed by atoms with Crippen LogP contribution in [0.15, 0.2) is 0 Å². The van der Waals surface area contributed by atoms with Gasteiger partial charge >= 0.3 is 7.82 Å². The standard InChI is InChI=1S/C43H91N2O4P/c1-6-11-14-17-20-23-26-29-32-37-44(38-33-30-27-24-21-18-15-12-7-2)40-35-41-45(39-34-31-28-25-22-19-16-13-8-3)42-36-43-49-50(46,47-9-4)48-10-5/h6-43H2,1-5H3. The summed E-state index contributed by atoms with van der Waals surface area (Å²) < 4.78 is 29.1. The molecule has 0 aliphatic carbocycles. The van der Waals surface area contributed by atoms with Gasteiger partial charge in [-0.2, -0.15) is 0 Å². The number of nitrogens with zero attached hydrogens (tertiary/aromatic N) is 2. The average molecular weight is 731 g/mol. The average Bonchev–Trinajstić information content (AvgIpc) is 3.10. The van der Waals surface area contributed by atoms with Crippen LogP contribution in [0.4, 0.5) is 0 Å². The molecule has 0 aromatic rings. The minimum Gasteiger partial charge on any atom is -0.303 e. The van der Waals surface area contributed by atoms with Gasteiger partial charge in [0, 0.05) is 6.54 Å². The molecule has 0 aromatic heterocycles. The molecule has 7 heteroatoms. The monoisotopic (exact) mass is 731 g/mol. The molecule has 50 heavy (non-hydrogen) atoms. The SMILES string of the molecule is CCCCCCCCCCCN(CCCCCCCCCCC)CCCN(CCCCCCCCCCC)CCCOP(=O)(OCC)OCC. The van der Waals surface area contributed by atoms with E-state index in [0.717, 1.165) is 26.1 Å². The van der Waals surface area contributed by atoms with Gasteiger partial charge in [-0.15, -0.1) is 0 Å². The highest BCUT2D eigenvalue weighted by atomic mass is 31.2. The van der Waals surface area contributed by atoms with Crippen molar-refractivity contribution in [2.45, 2.75) is 221 Å². The lowest BCUT2D eigenvalue weighted by atomic mass is 10.1. The molecule has 0 unspecified atom stereocenters. The third-order valence-electron chi connectivity index (χ3n) is 10.1. The summed E-state index contributed by atoms with van der Waals surface area (Å²) in [4.78, 5) is 5.44. The van der Waals surface area contributed by atoms with Gasteiger partial charge in [0.25, 0.3) is 0 Å². The smallest absolute Gasteiger partial charge is 0.303 e. The predicted molar refractivity (Wildman–Crippen MR) is 221 cm³/mol. The second-order valence-electron chi connectivity index (χ2n) is 15.0. The Bertz CT molecular complexity index is 666. The lowest BCUT2D eigenvalue weighted by Crippen LogP contribution is -2.33. The minimum absolute atomic E-state index is 0.330. The van der Waals surface area contributed by atoms with Gasteiger partial charge in [-0.25, -0.2) is 4.57 Å². The second kappa shape index (κ2) is 40.2. The van der Waals surface area contributed by atoms with Crippen LogP contribution in [0.25, 0.3) is 0 Å². The zero-order valence-electron chi connectivity index (χ0n) is 34.8. The van der Waals surface area contributed by atoms with Crippen molar-refractivity contribution in [3.8, 4) is 0 Å². The van der Waals surface area contributed by atoms with E-state index in [1.54, 1.807) is 0 Å². The number of rotatable bonds is 43. The number of phosphoric acid groups is 1. The van der Waals surface area contributed by atoms with E-state index in [-0.39, 0.29) is 0 Å². The van der Waals surface area contributed by atoms with E-state index in [0.29, 0.717) is 19.8 Å². The van der Waals surface area contributed by atoms with E-state index in [9.17, 15) is 4.57 Å². The zero-order valence-corrected chi connectivity index (χ0v) is 35.7. The maximum Gasteiger partial charge on any atom is 0.474 e. The topological polar surface area (TPSA) is 51.2 Å². The number of phosphoric ester groups is 1. The summed E-state index contributed by atoms with van der Waals surface area (Å²) in [7, 11) is -3.43. The summed E-state index contributed by atoms with van der Waals surface area (Å²) in [5, 5.41) is 0. The molecule has 0 heterocycles. The van der Waals surface area contributed by atoms with Crippen LogP contribution in [-0.2, 0) is 18.1 Å². The molecule has 0 aliphatic rings. The van der Waals surface area contributed by atoms with E-state index in [4.69, 9.17) is 13.6 Å². The molecule has 0 atom stereocenters. The Morgan fingerprint density at radius 3 is 0.880 bits per heavy atom. The van der Waals surface area contributed by atoms with Gasteiger partial charge in [0.2, 0.25) is 0 Å². The van der Waals surface area contributed by atoms with Crippen molar-refractivity contribution in [1.29, 1.82) is 0 Å². The lowest BCUT2D eigenvalue weighted by Gasteiger charge is -2.26. The van der Waals surface area contributed by atoms with E-state index in [1.807, 2.05) is 13.8 Å². The van der Waals surface area contributed by atoms with Crippen molar-refractivity contribution in [3.63, 3.8) is 0 Å². The largest absolute Gasteiger partial charge is 0.474 e. The summed E-state index contributed by atoms with van der Waals surface area (Å²) >= 11 is 0. The summed E-state index contributed by atoms with van der Waals surface area (Å²) in [6, 6.07) is 0. The highest BCUT2D eigenvalue weighted by Gasteiger charge is 2.25. The Hall–Kier alpha value is 0.0300. The first kappa shape index (κ1) is 50.0. The van der Waals surface area contributed by atoms with Crippen molar-refractivity contribution >= 4 is 7.82 Å². The minimum atomic E-state index is -3.43. The van der Waals surface area contributed by atoms with Crippen LogP contribution < -0.4 is 0 Å². The van der Waals surface area contributed by atoms with Crippen LogP contribution in [0.2, 0.25) is 0 Å². The maximum atomic E-state index is 12.8. The van der Waals surface area contributed by atoms with Gasteiger partial charge in [0.15, 0.2) is 0 Å². The molecule has 0 bridgehead atoms. The summed E-state index contributed by atoms with van der Waals surface area (Å²) in [6.45, 7) is 18.6. The molecule has 0 fully saturated rings. The summed E-state index contributed by atoms with van der Waals surface area (Å²) in [5.74, 6) is 0. The van der Waals surface area contributed by atoms with Crippen LogP contribution in [0, 0.1) is 0 Å². The van der Waals surface area contributed by atoms with Crippen LogP contribution in [0.1, 0.15) is 221 Å². The molecule has 0 saturated heterocycles. The molecule has 0 aromatic carbocycles. The summed E-state index contributed by atoms with van der Waals surface area (Å²) in [6.07, 6.45) is 39.5. The van der Waals surface area contributed by atoms with Gasteiger partial charge in [0.05, 0.1) is 19.8 Å². The second-order valence-corrected chi connectivity index (χ2v) is 16.7. The molecule has 0 N–H and O–H groups in total. The molecule has 6 nitrogen and oxygen atoms in total. The van der Waals surface area contributed by atoms with Crippen LogP contribution >= 0.6 is 7.82 Å². The van der Waals surface area contributed by atoms with Gasteiger partial charge in [0.1, 0.15) is 0 Å². The fraction of sp³-hybridized carbons (Fsp3) is 1.00. The zero-order chi connectivity index (χ0) is 36.6. The van der Waals surface area contributed by atoms with Crippen molar-refractivity contribution in [2.75, 3.05) is 59.1 Å². The molecular weight excluding hydrogens is 639 g/mol. The molecule has 0 radical (unpaired) electrons. The van der Waals surface area contributed by atoms with Crippen molar-refractivity contribution < 1.29 is 18.1 Å². The molecule has 0 amide bonds. The van der Waals surface area contributed by atoms with E-state index in [1.165, 1.54) is 199 Å². The van der Waals surface area contributed by atoms with Crippen molar-refractivity contribution in [3.05, 3.63) is 0 Å². The number of hydrogen-bond acceptors (Lipinski definition) is 6. The predicted octanol–water partition coefficient (Wildman–Crippen LogP) is 14.2. The van der Waals surface area contributed by atoms with Crippen molar-refractivity contribution in [1.82, 2.24) is 9.80 Å². The van der Waals surface area contributed by atoms with E-state index >= 15 is 0 Å². The van der Waals surface area contributed by atoms with Gasteiger partial charge < -0.3 is 9.80 Å². The van der Waals surface area contributed by atoms with Crippen LogP contribution in [-0.4, -0.2) is 68.9 Å². The lowest BCUT2D eigenvalue weighted by molar-refractivity contribution is 0.116. The van der Waals surface area contributed by atoms with E-state index < -0.39 is 7.82 Å². The normalized spacial score (nSPS) is 12.2. The highest BCUT2D eigenvalue weighted by Crippen LogP contribution is 2.49. The third-order valence-corrected chi connectivity index (χ3v) is 11.8. The maximum absolute atomic E-state index is 12.8. The molecular formula is C43H91N2O4P. The first-order valence-corrected chi connectivity index (χ1v) is 24.0. The van der Waals surface area contributed by atoms with Crippen LogP contribution in [0.5, 0.6) is 0 Å². The van der Waals surface area contributed by atoms with Gasteiger partial charge in [-0.1, -0.05) is 175 Å². The van der Waals surface area contributed by atoms with Crippen LogP contribution in [0.3, 0.4) is 0 Å². The summed E-state index contributed by atoms with van der Waals surface area (Å²) in [5.41, 5.74) is 0. The highest BCUT2D eigenvalue weighted by molar-refractivity contribution is 7.48. The first-order valence-electron chi connectivity index (χ1n) is 22.5. The molecule has 302 valence electrons. The fourth-order valence-electron chi connectivity index (χ4n) is 7.02. The molecule has 0 spiro atoms. The van der Waals surface area contributed by atoms with E-state index in [2.05, 4.69) is 30.6 Å². The Morgan fingerprint density at radius 2 is 0.580 bits per heavy atom. The third kappa shape index (κ3) is 35.1. The van der Waals surface area contributed by atoms with Gasteiger partial charge in [-0.3, -0.25) is 13.6 Å². The molecule has 0 saturated carbocycles. The Labute approximate surface area is 314 Å². The Morgan fingerprint density at radius 1 is 0.320 bits per heavy atom. The van der Waals surface area contributed by atoms with Crippen molar-refractivity contribution in [2.24, 2.45) is 0 Å². The quantitative estimate of drug-likeness (QED) is 0.0460. The molecule has 0 rings (SSSR count). The Kier molecular flexibility index (Phi) is 40.2. The Balaban J connectivity index is 4.82. The first-order chi connectivity index (χ1) is 24.5. The number of unbranched alkanes of at least 4 members (excludes halogenated alkanes) is 24. The number of hydrogen-bond donors (Lipinski definition) is 0. The van der Waals surface area contributed by atoms with Gasteiger partial charge in [-0.05, 0) is 78.7 Å². The molecule has 0 aliphatic heterocycles.